The van der Waals surface area contributed by atoms with Gasteiger partial charge in [0.2, 0.25) is 5.91 Å². The molecule has 0 atom stereocenters. The van der Waals surface area contributed by atoms with E-state index in [-0.39, 0.29) is 5.91 Å². The topological polar surface area (TPSA) is 88.9 Å². The monoisotopic (exact) mass is 439 g/mol. The number of nitrogens with two attached hydrogens (primary N) is 1. The Labute approximate surface area is 182 Å². The Morgan fingerprint density at radius 3 is 2.37 bits per heavy atom. The molecule has 0 spiro atoms. The van der Waals surface area contributed by atoms with Crippen molar-refractivity contribution < 1.29 is 14.0 Å². The van der Waals surface area contributed by atoms with E-state index < -0.39 is 5.91 Å². The lowest BCUT2D eigenvalue weighted by molar-refractivity contribution is -0.114. The second-order valence-corrected chi connectivity index (χ2v) is 7.50. The highest BCUT2D eigenvalue weighted by molar-refractivity contribution is 6.36. The molecule has 0 unspecified atom stereocenters. The fourth-order valence-electron chi connectivity index (χ4n) is 3.05. The molecular formula is C22H15Cl2N3O3. The van der Waals surface area contributed by atoms with E-state index in [2.05, 4.69) is 5.10 Å². The Hall–Kier alpha value is -3.35. The van der Waals surface area contributed by atoms with E-state index in [9.17, 15) is 9.59 Å². The van der Waals surface area contributed by atoms with Crippen LogP contribution in [0, 0.1) is 0 Å². The summed E-state index contributed by atoms with van der Waals surface area (Å²) < 4.78 is 5.85. The molecule has 0 fully saturated rings. The minimum atomic E-state index is -0.494. The van der Waals surface area contributed by atoms with Crippen molar-refractivity contribution >= 4 is 52.5 Å². The number of hydrogen-bond acceptors (Lipinski definition) is 4. The first-order valence-electron chi connectivity index (χ1n) is 8.90. The summed E-state index contributed by atoms with van der Waals surface area (Å²) in [6.45, 7) is 1.74. The average Bonchev–Trinajstić information content (AvgIpc) is 3.27. The molecule has 0 radical (unpaired) electrons. The summed E-state index contributed by atoms with van der Waals surface area (Å²) in [5.41, 5.74) is 7.88. The third-order valence-electron chi connectivity index (χ3n) is 4.52. The zero-order chi connectivity index (χ0) is 21.4. The largest absolute Gasteiger partial charge is 0.457 e. The van der Waals surface area contributed by atoms with Crippen LogP contribution in [0.3, 0.4) is 0 Å². The van der Waals surface area contributed by atoms with Crippen LogP contribution in [0.5, 0.6) is 0 Å². The molecule has 0 bridgehead atoms. The zero-order valence-electron chi connectivity index (χ0n) is 15.7. The first kappa shape index (κ1) is 19.9. The molecule has 1 aromatic heterocycles. The van der Waals surface area contributed by atoms with Gasteiger partial charge < -0.3 is 10.2 Å². The summed E-state index contributed by atoms with van der Waals surface area (Å²) in [5.74, 6) is 0.283. The summed E-state index contributed by atoms with van der Waals surface area (Å²) in [6, 6.07) is 15.1. The van der Waals surface area contributed by atoms with Gasteiger partial charge in [0.05, 0.1) is 17.0 Å². The van der Waals surface area contributed by atoms with E-state index in [4.69, 9.17) is 33.4 Å². The number of benzene rings is 2. The molecule has 2 N–H and O–H groups in total. The van der Waals surface area contributed by atoms with Crippen LogP contribution in [0.4, 0.5) is 5.69 Å². The average molecular weight is 440 g/mol. The second kappa shape index (κ2) is 7.82. The fraction of sp³-hybridized carbons (Fsp3) is 0.0455. The third-order valence-corrected chi connectivity index (χ3v) is 4.96. The molecule has 2 aromatic carbocycles. The summed E-state index contributed by atoms with van der Waals surface area (Å²) >= 11 is 12.1. The fourth-order valence-corrected chi connectivity index (χ4v) is 3.56. The van der Waals surface area contributed by atoms with Gasteiger partial charge in [-0.15, -0.1) is 0 Å². The summed E-state index contributed by atoms with van der Waals surface area (Å²) in [6.07, 6.45) is 1.63. The number of primary amides is 1. The van der Waals surface area contributed by atoms with Gasteiger partial charge in [-0.25, -0.2) is 0 Å². The van der Waals surface area contributed by atoms with Crippen LogP contribution in [-0.4, -0.2) is 17.5 Å². The van der Waals surface area contributed by atoms with Crippen molar-refractivity contribution in [3.8, 4) is 11.3 Å². The van der Waals surface area contributed by atoms with Crippen molar-refractivity contribution in [2.75, 3.05) is 5.01 Å². The van der Waals surface area contributed by atoms with E-state index in [1.54, 1.807) is 67.6 Å². The van der Waals surface area contributed by atoms with Gasteiger partial charge in [0, 0.05) is 21.2 Å². The molecule has 1 aliphatic heterocycles. The van der Waals surface area contributed by atoms with Gasteiger partial charge >= 0.3 is 0 Å². The zero-order valence-corrected chi connectivity index (χ0v) is 17.2. The molecule has 1 aliphatic rings. The van der Waals surface area contributed by atoms with Crippen LogP contribution in [0.1, 0.15) is 23.0 Å². The second-order valence-electron chi connectivity index (χ2n) is 6.63. The quantitative estimate of drug-likeness (QED) is 0.569. The van der Waals surface area contributed by atoms with Crippen LogP contribution in [0.2, 0.25) is 10.0 Å². The number of nitrogens with zero attached hydrogens (tertiary/aromatic N) is 2. The first-order valence-corrected chi connectivity index (χ1v) is 9.65. The normalized spacial score (nSPS) is 15.0. The van der Waals surface area contributed by atoms with Crippen LogP contribution in [0.15, 0.2) is 69.7 Å². The molecule has 2 heterocycles. The lowest BCUT2D eigenvalue weighted by Gasteiger charge is -2.12. The number of carbonyl (C=O) groups is 2. The highest BCUT2D eigenvalue weighted by Crippen LogP contribution is 2.31. The van der Waals surface area contributed by atoms with Crippen molar-refractivity contribution in [2.45, 2.75) is 6.92 Å². The Morgan fingerprint density at radius 2 is 1.73 bits per heavy atom. The number of halogens is 2. The van der Waals surface area contributed by atoms with Gasteiger partial charge in [-0.1, -0.05) is 35.3 Å². The third kappa shape index (κ3) is 3.87. The lowest BCUT2D eigenvalue weighted by atomic mass is 10.1. The Bertz CT molecular complexity index is 1210. The van der Waals surface area contributed by atoms with Gasteiger partial charge in [-0.05, 0) is 55.5 Å². The molecule has 0 saturated carbocycles. The summed E-state index contributed by atoms with van der Waals surface area (Å²) in [4.78, 5) is 24.1. The number of carbonyl (C=O) groups excluding carboxylic acids is 2. The van der Waals surface area contributed by atoms with Crippen molar-refractivity contribution in [2.24, 2.45) is 10.8 Å². The number of hydrogen-bond donors (Lipinski definition) is 1. The molecule has 3 aromatic rings. The molecule has 6 nitrogen and oxygen atoms in total. The maximum atomic E-state index is 12.9. The van der Waals surface area contributed by atoms with Gasteiger partial charge in [0.15, 0.2) is 0 Å². The molecule has 8 heteroatoms. The van der Waals surface area contributed by atoms with Crippen LogP contribution in [0.25, 0.3) is 17.4 Å². The van der Waals surface area contributed by atoms with Gasteiger partial charge in [-0.2, -0.15) is 10.1 Å². The lowest BCUT2D eigenvalue weighted by Crippen LogP contribution is -2.21. The maximum Gasteiger partial charge on any atom is 0.280 e. The van der Waals surface area contributed by atoms with Gasteiger partial charge in [-0.3, -0.25) is 9.59 Å². The first-order chi connectivity index (χ1) is 14.3. The summed E-state index contributed by atoms with van der Waals surface area (Å²) in [7, 11) is 0. The van der Waals surface area contributed by atoms with Crippen molar-refractivity contribution in [3.63, 3.8) is 0 Å². The predicted molar refractivity (Wildman–Crippen MR) is 118 cm³/mol. The van der Waals surface area contributed by atoms with Crippen LogP contribution >= 0.6 is 23.2 Å². The Morgan fingerprint density at radius 1 is 1.07 bits per heavy atom. The molecule has 150 valence electrons. The van der Waals surface area contributed by atoms with E-state index in [1.807, 2.05) is 0 Å². The molecule has 2 amide bonds. The predicted octanol–water partition coefficient (Wildman–Crippen LogP) is 5.16. The van der Waals surface area contributed by atoms with E-state index in [0.717, 1.165) is 5.56 Å². The highest BCUT2D eigenvalue weighted by atomic mass is 35.5. The molecule has 30 heavy (non-hydrogen) atoms. The standard InChI is InChI=1S/C22H15Cl2N3O3/c1-12-19(22(29)27(26-12)17-9-15(23)8-16(24)10-17)11-18-6-7-20(30-18)13-2-4-14(5-3-13)21(25)28/h2-11H,1H3,(H2,25,28)/b19-11-. The number of furan rings is 1. The smallest absolute Gasteiger partial charge is 0.280 e. The minimum Gasteiger partial charge on any atom is -0.457 e. The maximum absolute atomic E-state index is 12.9. The van der Waals surface area contributed by atoms with Gasteiger partial charge in [0.1, 0.15) is 11.5 Å². The molecule has 0 saturated heterocycles. The number of hydrazone groups is 1. The molecule has 0 aliphatic carbocycles. The van der Waals surface area contributed by atoms with Crippen LogP contribution in [-0.2, 0) is 4.79 Å². The Kier molecular flexibility index (Phi) is 5.20. The highest BCUT2D eigenvalue weighted by Gasteiger charge is 2.29. The molecule has 4 rings (SSSR count). The number of anilines is 1. The number of rotatable bonds is 4. The SMILES string of the molecule is CC1=NN(c2cc(Cl)cc(Cl)c2)C(=O)/C1=C\c1ccc(-c2ccc(C(N)=O)cc2)o1. The minimum absolute atomic E-state index is 0.311. The van der Waals surface area contributed by atoms with E-state index in [1.165, 1.54) is 5.01 Å². The van der Waals surface area contributed by atoms with Gasteiger partial charge in [0.25, 0.3) is 5.91 Å². The van der Waals surface area contributed by atoms with E-state index >= 15 is 0 Å². The number of amides is 2. The van der Waals surface area contributed by atoms with Crippen molar-refractivity contribution in [1.82, 2.24) is 0 Å². The van der Waals surface area contributed by atoms with Crippen molar-refractivity contribution in [3.05, 3.63) is 81.5 Å². The van der Waals surface area contributed by atoms with E-state index in [0.29, 0.717) is 44.1 Å². The van der Waals surface area contributed by atoms with Crippen molar-refractivity contribution in [1.29, 1.82) is 0 Å². The Balaban J connectivity index is 1.60. The molecular weight excluding hydrogens is 425 g/mol. The van der Waals surface area contributed by atoms with Crippen LogP contribution < -0.4 is 10.7 Å². The summed E-state index contributed by atoms with van der Waals surface area (Å²) in [5, 5.41) is 6.40.